The Labute approximate surface area is 125 Å². The van der Waals surface area contributed by atoms with Gasteiger partial charge >= 0.3 is 12.0 Å². The summed E-state index contributed by atoms with van der Waals surface area (Å²) in [4.78, 5) is 22.6. The minimum Gasteiger partial charge on any atom is -0.478 e. The first-order valence-corrected chi connectivity index (χ1v) is 6.67. The summed E-state index contributed by atoms with van der Waals surface area (Å²) in [6.45, 7) is 4.01. The van der Waals surface area contributed by atoms with Gasteiger partial charge in [0.05, 0.1) is 16.9 Å². The smallest absolute Gasteiger partial charge is 0.335 e. The largest absolute Gasteiger partial charge is 0.478 e. The number of urea groups is 1. The van der Waals surface area contributed by atoms with Crippen LogP contribution in [0.15, 0.2) is 22.7 Å². The lowest BCUT2D eigenvalue weighted by molar-refractivity contribution is 0.0257. The maximum absolute atomic E-state index is 11.8. The van der Waals surface area contributed by atoms with E-state index in [1.165, 1.54) is 12.1 Å². The lowest BCUT2D eigenvalue weighted by Crippen LogP contribution is -2.41. The van der Waals surface area contributed by atoms with E-state index in [2.05, 4.69) is 26.6 Å². The molecule has 0 saturated carbocycles. The average Bonchev–Trinajstić information content (AvgIpc) is 2.39. The molecular formula is C13H17BrN2O4. The van der Waals surface area contributed by atoms with Crippen LogP contribution >= 0.6 is 15.9 Å². The van der Waals surface area contributed by atoms with Crippen molar-refractivity contribution in [3.05, 3.63) is 28.2 Å². The van der Waals surface area contributed by atoms with Crippen molar-refractivity contribution >= 4 is 33.6 Å². The molecule has 0 atom stereocenters. The molecule has 0 bridgehead atoms. The number of rotatable bonds is 5. The fraction of sp³-hybridized carbons (Fsp3) is 0.385. The highest BCUT2D eigenvalue weighted by molar-refractivity contribution is 9.10. The number of carboxylic acid groups (broad SMARTS) is 1. The predicted molar refractivity (Wildman–Crippen MR) is 79.2 cm³/mol. The summed E-state index contributed by atoms with van der Waals surface area (Å²) in [6, 6.07) is 3.97. The van der Waals surface area contributed by atoms with E-state index in [1.807, 2.05) is 13.8 Å². The van der Waals surface area contributed by atoms with Crippen LogP contribution in [0.1, 0.15) is 24.2 Å². The number of carbonyl (C=O) groups is 2. The number of benzene rings is 1. The molecule has 1 aromatic carbocycles. The Hall–Kier alpha value is -1.60. The predicted octanol–water partition coefficient (Wildman–Crippen LogP) is 2.69. The number of ether oxygens (including phenoxy) is 1. The summed E-state index contributed by atoms with van der Waals surface area (Å²) >= 11 is 3.25. The standard InChI is InChI=1S/C13H17BrN2O4/c1-13(2,20-3)7-15-12(19)16-10-6-8(11(17)18)4-5-9(10)14/h4-6H,7H2,1-3H3,(H,17,18)(H2,15,16,19). The maximum Gasteiger partial charge on any atom is 0.335 e. The number of carbonyl (C=O) groups excluding carboxylic acids is 1. The van der Waals surface area contributed by atoms with Crippen molar-refractivity contribution < 1.29 is 19.4 Å². The van der Waals surface area contributed by atoms with Crippen LogP contribution in [0.3, 0.4) is 0 Å². The van der Waals surface area contributed by atoms with Crippen molar-refractivity contribution in [2.45, 2.75) is 19.4 Å². The lowest BCUT2D eigenvalue weighted by atomic mass is 10.1. The van der Waals surface area contributed by atoms with Crippen molar-refractivity contribution in [3.8, 4) is 0 Å². The maximum atomic E-state index is 11.8. The van der Waals surface area contributed by atoms with Crippen LogP contribution < -0.4 is 10.6 Å². The lowest BCUT2D eigenvalue weighted by Gasteiger charge is -2.23. The van der Waals surface area contributed by atoms with Gasteiger partial charge in [-0.1, -0.05) is 0 Å². The number of halogens is 1. The van der Waals surface area contributed by atoms with E-state index in [-0.39, 0.29) is 5.56 Å². The molecule has 1 rings (SSSR count). The van der Waals surface area contributed by atoms with E-state index in [9.17, 15) is 9.59 Å². The molecule has 110 valence electrons. The Morgan fingerprint density at radius 3 is 2.60 bits per heavy atom. The summed E-state index contributed by atoms with van der Waals surface area (Å²) in [5.74, 6) is -1.05. The van der Waals surface area contributed by atoms with Crippen LogP contribution in [0.2, 0.25) is 0 Å². The zero-order chi connectivity index (χ0) is 15.3. The molecule has 0 spiro atoms. The second-order valence-corrected chi connectivity index (χ2v) is 5.63. The summed E-state index contributed by atoms with van der Waals surface area (Å²) in [5.41, 5.74) is 0.00986. The molecule has 0 aliphatic heterocycles. The Morgan fingerprint density at radius 2 is 2.05 bits per heavy atom. The van der Waals surface area contributed by atoms with Gasteiger partial charge in [0.1, 0.15) is 0 Å². The number of amides is 2. The van der Waals surface area contributed by atoms with E-state index in [0.29, 0.717) is 16.7 Å². The van der Waals surface area contributed by atoms with Crippen molar-refractivity contribution in [3.63, 3.8) is 0 Å². The SMILES string of the molecule is COC(C)(C)CNC(=O)Nc1cc(C(=O)O)ccc1Br. The van der Waals surface area contributed by atoms with Gasteiger partial charge in [-0.2, -0.15) is 0 Å². The first-order valence-electron chi connectivity index (χ1n) is 5.88. The van der Waals surface area contributed by atoms with Crippen molar-refractivity contribution in [1.29, 1.82) is 0 Å². The molecule has 0 unspecified atom stereocenters. The van der Waals surface area contributed by atoms with Crippen molar-refractivity contribution in [2.75, 3.05) is 19.0 Å². The summed E-state index contributed by atoms with van der Waals surface area (Å²) in [6.07, 6.45) is 0. The molecule has 0 aliphatic carbocycles. The average molecular weight is 345 g/mol. The Bertz CT molecular complexity index is 517. The van der Waals surface area contributed by atoms with E-state index >= 15 is 0 Å². The van der Waals surface area contributed by atoms with Gasteiger partial charge in [-0.15, -0.1) is 0 Å². The van der Waals surface area contributed by atoms with E-state index < -0.39 is 17.6 Å². The van der Waals surface area contributed by atoms with E-state index in [1.54, 1.807) is 13.2 Å². The van der Waals surface area contributed by atoms with E-state index in [4.69, 9.17) is 9.84 Å². The summed E-state index contributed by atoms with van der Waals surface area (Å²) in [5, 5.41) is 14.2. The second kappa shape index (κ2) is 6.71. The number of hydrogen-bond acceptors (Lipinski definition) is 3. The summed E-state index contributed by atoms with van der Waals surface area (Å²) < 4.78 is 5.78. The van der Waals surface area contributed by atoms with Crippen LogP contribution in [0.25, 0.3) is 0 Å². The zero-order valence-electron chi connectivity index (χ0n) is 11.5. The van der Waals surface area contributed by atoms with Crippen LogP contribution in [0.4, 0.5) is 10.5 Å². The molecule has 0 heterocycles. The minimum absolute atomic E-state index is 0.0979. The van der Waals surface area contributed by atoms with Gasteiger partial charge in [-0.25, -0.2) is 9.59 Å². The Balaban J connectivity index is 2.71. The second-order valence-electron chi connectivity index (χ2n) is 4.77. The number of anilines is 1. The fourth-order valence-corrected chi connectivity index (χ4v) is 1.63. The normalized spacial score (nSPS) is 11.0. The quantitative estimate of drug-likeness (QED) is 0.766. The molecule has 0 aliphatic rings. The van der Waals surface area contributed by atoms with Gasteiger partial charge in [-0.05, 0) is 48.0 Å². The van der Waals surface area contributed by atoms with Crippen molar-refractivity contribution in [2.24, 2.45) is 0 Å². The fourth-order valence-electron chi connectivity index (χ4n) is 1.29. The molecule has 20 heavy (non-hydrogen) atoms. The Morgan fingerprint density at radius 1 is 1.40 bits per heavy atom. The molecule has 7 heteroatoms. The molecule has 0 saturated heterocycles. The van der Waals surface area contributed by atoms with Crippen molar-refractivity contribution in [1.82, 2.24) is 5.32 Å². The molecule has 0 radical (unpaired) electrons. The van der Waals surface area contributed by atoms with Gasteiger partial charge in [0.25, 0.3) is 0 Å². The number of hydrogen-bond donors (Lipinski definition) is 3. The molecule has 0 fully saturated rings. The number of carboxylic acids is 1. The zero-order valence-corrected chi connectivity index (χ0v) is 13.1. The highest BCUT2D eigenvalue weighted by Gasteiger charge is 2.17. The minimum atomic E-state index is -1.05. The van der Waals surface area contributed by atoms with Gasteiger partial charge in [0.2, 0.25) is 0 Å². The molecule has 1 aromatic rings. The third-order valence-corrected chi connectivity index (χ3v) is 3.38. The third-order valence-electron chi connectivity index (χ3n) is 2.69. The third kappa shape index (κ3) is 4.82. The van der Waals surface area contributed by atoms with Crippen LogP contribution in [0, 0.1) is 0 Å². The first-order chi connectivity index (χ1) is 9.25. The highest BCUT2D eigenvalue weighted by atomic mass is 79.9. The molecule has 6 nitrogen and oxygen atoms in total. The summed E-state index contributed by atoms with van der Waals surface area (Å²) in [7, 11) is 1.56. The molecule has 0 aromatic heterocycles. The van der Waals surface area contributed by atoms with E-state index in [0.717, 1.165) is 0 Å². The Kier molecular flexibility index (Phi) is 5.52. The van der Waals surface area contributed by atoms with Gasteiger partial charge in [-0.3, -0.25) is 0 Å². The van der Waals surface area contributed by atoms with Gasteiger partial charge in [0.15, 0.2) is 0 Å². The van der Waals surface area contributed by atoms with Gasteiger partial charge < -0.3 is 20.5 Å². The first kappa shape index (κ1) is 16.5. The number of aromatic carboxylic acids is 1. The van der Waals surface area contributed by atoms with Crippen LogP contribution in [0.5, 0.6) is 0 Å². The molecule has 2 amide bonds. The molecule has 3 N–H and O–H groups in total. The van der Waals surface area contributed by atoms with Crippen LogP contribution in [-0.4, -0.2) is 36.4 Å². The topological polar surface area (TPSA) is 87.7 Å². The number of nitrogens with one attached hydrogen (secondary N) is 2. The highest BCUT2D eigenvalue weighted by Crippen LogP contribution is 2.23. The number of methoxy groups -OCH3 is 1. The molecular weight excluding hydrogens is 328 g/mol. The monoisotopic (exact) mass is 344 g/mol. The van der Waals surface area contributed by atoms with Crippen LogP contribution in [-0.2, 0) is 4.74 Å². The van der Waals surface area contributed by atoms with Gasteiger partial charge in [0, 0.05) is 18.1 Å².